The van der Waals surface area contributed by atoms with Gasteiger partial charge in [-0.2, -0.15) is 4.31 Å². The summed E-state index contributed by atoms with van der Waals surface area (Å²) >= 11 is 0. The summed E-state index contributed by atoms with van der Waals surface area (Å²) in [5.74, 6) is -1.85. The van der Waals surface area contributed by atoms with Gasteiger partial charge >= 0.3 is 0 Å². The molecule has 19 heavy (non-hydrogen) atoms. The molecule has 0 aromatic heterocycles. The van der Waals surface area contributed by atoms with E-state index in [-0.39, 0.29) is 25.0 Å². The van der Waals surface area contributed by atoms with Gasteiger partial charge in [-0.15, -0.1) is 12.4 Å². The van der Waals surface area contributed by atoms with Crippen LogP contribution in [-0.4, -0.2) is 38.4 Å². The molecule has 1 aliphatic rings. The molecule has 0 saturated carbocycles. The molecule has 0 bridgehead atoms. The van der Waals surface area contributed by atoms with Crippen molar-refractivity contribution in [2.45, 2.75) is 17.9 Å². The van der Waals surface area contributed by atoms with E-state index in [0.717, 1.165) is 12.1 Å². The van der Waals surface area contributed by atoms with Crippen LogP contribution in [0.1, 0.15) is 6.92 Å². The molecular formula is C11H15ClF2N2O2S. The molecule has 1 unspecified atom stereocenters. The lowest BCUT2D eigenvalue weighted by molar-refractivity contribution is 0.283. The van der Waals surface area contributed by atoms with Crippen molar-refractivity contribution in [3.05, 3.63) is 29.8 Å². The van der Waals surface area contributed by atoms with Crippen LogP contribution in [0.25, 0.3) is 0 Å². The van der Waals surface area contributed by atoms with Gasteiger partial charge in [-0.05, 0) is 19.1 Å². The first kappa shape index (κ1) is 16.3. The summed E-state index contributed by atoms with van der Waals surface area (Å²) in [4.78, 5) is -0.474. The van der Waals surface area contributed by atoms with E-state index in [9.17, 15) is 17.2 Å². The molecule has 8 heteroatoms. The van der Waals surface area contributed by atoms with E-state index in [1.807, 2.05) is 0 Å². The molecule has 4 nitrogen and oxygen atoms in total. The lowest BCUT2D eigenvalue weighted by Crippen LogP contribution is -2.52. The number of benzene rings is 1. The monoisotopic (exact) mass is 312 g/mol. The molecule has 1 atom stereocenters. The van der Waals surface area contributed by atoms with E-state index >= 15 is 0 Å². The zero-order valence-corrected chi connectivity index (χ0v) is 11.9. The predicted octanol–water partition coefficient (Wildman–Crippen LogP) is 1.37. The Bertz CT molecular complexity index is 554. The fourth-order valence-corrected chi connectivity index (χ4v) is 3.67. The van der Waals surface area contributed by atoms with Gasteiger partial charge < -0.3 is 5.32 Å². The highest BCUT2D eigenvalue weighted by atomic mass is 35.5. The van der Waals surface area contributed by atoms with Crippen molar-refractivity contribution in [3.8, 4) is 0 Å². The molecule has 1 aliphatic heterocycles. The summed E-state index contributed by atoms with van der Waals surface area (Å²) in [6, 6.07) is 2.24. The average molecular weight is 313 g/mol. The maximum Gasteiger partial charge on any atom is 0.246 e. The Kier molecular flexibility index (Phi) is 5.26. The van der Waals surface area contributed by atoms with Crippen molar-refractivity contribution < 1.29 is 17.2 Å². The van der Waals surface area contributed by atoms with Crippen LogP contribution in [0.15, 0.2) is 23.1 Å². The van der Waals surface area contributed by atoms with Crippen LogP contribution in [-0.2, 0) is 10.0 Å². The topological polar surface area (TPSA) is 49.4 Å². The Morgan fingerprint density at radius 1 is 1.37 bits per heavy atom. The largest absolute Gasteiger partial charge is 0.314 e. The average Bonchev–Trinajstić information content (AvgIpc) is 2.28. The summed E-state index contributed by atoms with van der Waals surface area (Å²) in [6.07, 6.45) is 0. The second kappa shape index (κ2) is 6.13. The molecule has 108 valence electrons. The highest BCUT2D eigenvalue weighted by molar-refractivity contribution is 7.89. The molecule has 1 heterocycles. The van der Waals surface area contributed by atoms with Crippen molar-refractivity contribution >= 4 is 22.4 Å². The second-order valence-electron chi connectivity index (χ2n) is 4.24. The number of rotatable bonds is 2. The van der Waals surface area contributed by atoms with Crippen LogP contribution in [0.5, 0.6) is 0 Å². The zero-order valence-electron chi connectivity index (χ0n) is 10.3. The zero-order chi connectivity index (χ0) is 13.3. The SMILES string of the molecule is CC1CNCCN1S(=O)(=O)c1ccc(F)cc1F.Cl. The van der Waals surface area contributed by atoms with Crippen molar-refractivity contribution in [1.82, 2.24) is 9.62 Å². The lowest BCUT2D eigenvalue weighted by Gasteiger charge is -2.32. The lowest BCUT2D eigenvalue weighted by atomic mass is 10.3. The number of hydrogen-bond acceptors (Lipinski definition) is 3. The molecule has 0 spiro atoms. The van der Waals surface area contributed by atoms with Gasteiger partial charge in [0.25, 0.3) is 0 Å². The van der Waals surface area contributed by atoms with Gasteiger partial charge in [0.2, 0.25) is 10.0 Å². The van der Waals surface area contributed by atoms with Gasteiger partial charge in [-0.25, -0.2) is 17.2 Å². The van der Waals surface area contributed by atoms with Crippen LogP contribution in [0.4, 0.5) is 8.78 Å². The number of nitrogens with one attached hydrogen (secondary N) is 1. The minimum Gasteiger partial charge on any atom is -0.314 e. The Labute approximate surface area is 117 Å². The van der Waals surface area contributed by atoms with Crippen LogP contribution in [0.2, 0.25) is 0 Å². The first-order chi connectivity index (χ1) is 8.43. The molecule has 0 amide bonds. The third-order valence-corrected chi connectivity index (χ3v) is 4.97. The van der Waals surface area contributed by atoms with E-state index < -0.39 is 26.6 Å². The molecule has 1 saturated heterocycles. The smallest absolute Gasteiger partial charge is 0.246 e. The van der Waals surface area contributed by atoms with E-state index in [1.165, 1.54) is 4.31 Å². The highest BCUT2D eigenvalue weighted by Crippen LogP contribution is 2.22. The van der Waals surface area contributed by atoms with E-state index in [0.29, 0.717) is 19.2 Å². The molecule has 1 fully saturated rings. The van der Waals surface area contributed by atoms with Crippen molar-refractivity contribution in [2.24, 2.45) is 0 Å². The van der Waals surface area contributed by atoms with Crippen molar-refractivity contribution in [2.75, 3.05) is 19.6 Å². The Morgan fingerprint density at radius 3 is 2.63 bits per heavy atom. The van der Waals surface area contributed by atoms with Crippen LogP contribution >= 0.6 is 12.4 Å². The maximum absolute atomic E-state index is 13.6. The van der Waals surface area contributed by atoms with Crippen LogP contribution in [0.3, 0.4) is 0 Å². The predicted molar refractivity (Wildman–Crippen MR) is 69.8 cm³/mol. The minimum absolute atomic E-state index is 0. The van der Waals surface area contributed by atoms with Gasteiger partial charge in [-0.3, -0.25) is 0 Å². The van der Waals surface area contributed by atoms with Crippen molar-refractivity contribution in [3.63, 3.8) is 0 Å². The highest BCUT2D eigenvalue weighted by Gasteiger charge is 2.32. The number of hydrogen-bond donors (Lipinski definition) is 1. The molecule has 1 aromatic carbocycles. The minimum atomic E-state index is -3.91. The fraction of sp³-hybridized carbons (Fsp3) is 0.455. The van der Waals surface area contributed by atoms with Gasteiger partial charge in [-0.1, -0.05) is 0 Å². The Morgan fingerprint density at radius 2 is 2.05 bits per heavy atom. The van der Waals surface area contributed by atoms with Crippen LogP contribution < -0.4 is 5.32 Å². The maximum atomic E-state index is 13.6. The Hall–Kier alpha value is -0.760. The third-order valence-electron chi connectivity index (χ3n) is 2.92. The third kappa shape index (κ3) is 3.22. The number of sulfonamides is 1. The molecular weight excluding hydrogens is 298 g/mol. The second-order valence-corrected chi connectivity index (χ2v) is 6.10. The van der Waals surface area contributed by atoms with Gasteiger partial charge in [0, 0.05) is 31.7 Å². The van der Waals surface area contributed by atoms with E-state index in [4.69, 9.17) is 0 Å². The van der Waals surface area contributed by atoms with E-state index in [2.05, 4.69) is 5.32 Å². The Balaban J connectivity index is 0.00000180. The first-order valence-electron chi connectivity index (χ1n) is 5.60. The van der Waals surface area contributed by atoms with Crippen molar-refractivity contribution in [1.29, 1.82) is 0 Å². The standard InChI is InChI=1S/C11H14F2N2O2S.ClH/c1-8-7-14-4-5-15(8)18(16,17)11-3-2-9(12)6-10(11)13;/h2-3,6,8,14H,4-5,7H2,1H3;1H. The van der Waals surface area contributed by atoms with Gasteiger partial charge in [0.05, 0.1) is 0 Å². The summed E-state index contributed by atoms with van der Waals surface area (Å²) < 4.78 is 52.1. The number of piperazine rings is 1. The molecule has 1 aromatic rings. The molecule has 2 rings (SSSR count). The number of halogens is 3. The summed E-state index contributed by atoms with van der Waals surface area (Å²) in [6.45, 7) is 3.06. The fourth-order valence-electron chi connectivity index (χ4n) is 1.99. The molecule has 0 aliphatic carbocycles. The first-order valence-corrected chi connectivity index (χ1v) is 7.04. The van der Waals surface area contributed by atoms with Gasteiger partial charge in [0.15, 0.2) is 0 Å². The van der Waals surface area contributed by atoms with E-state index in [1.54, 1.807) is 6.92 Å². The summed E-state index contributed by atoms with van der Waals surface area (Å²) in [5.41, 5.74) is 0. The molecule has 1 N–H and O–H groups in total. The quantitative estimate of drug-likeness (QED) is 0.897. The van der Waals surface area contributed by atoms with Crippen LogP contribution in [0, 0.1) is 11.6 Å². The summed E-state index contributed by atoms with van der Waals surface area (Å²) in [7, 11) is -3.91. The summed E-state index contributed by atoms with van der Waals surface area (Å²) in [5, 5.41) is 3.05. The normalized spacial score (nSPS) is 20.9. The molecule has 0 radical (unpaired) electrons. The van der Waals surface area contributed by atoms with Gasteiger partial charge in [0.1, 0.15) is 16.5 Å². The number of nitrogens with zero attached hydrogens (tertiary/aromatic N) is 1.